The number of rotatable bonds is 2. The number of ketones is 1. The van der Waals surface area contributed by atoms with Crippen LogP contribution >= 0.6 is 11.3 Å². The van der Waals surface area contributed by atoms with Gasteiger partial charge in [-0.05, 0) is 51.2 Å². The van der Waals surface area contributed by atoms with Gasteiger partial charge in [-0.3, -0.25) is 9.59 Å². The molecule has 0 spiro atoms. The predicted octanol–water partition coefficient (Wildman–Crippen LogP) is 3.41. The summed E-state index contributed by atoms with van der Waals surface area (Å²) < 4.78 is 11.9. The SMILES string of the molecule is C/C(=C\c1csc(C)n1)[C@H]1OC(=O)C[C@H](O)C(C)(C)C(=O)[C@H](C)[C@@H](O)[C@@H](C)CCC[C@@]2(C)O[C@H]2C1N. The molecule has 2 aliphatic heterocycles. The first-order valence-corrected chi connectivity index (χ1v) is 13.7. The lowest BCUT2D eigenvalue weighted by Crippen LogP contribution is -2.47. The van der Waals surface area contributed by atoms with Crippen LogP contribution in [0.15, 0.2) is 11.0 Å². The molecule has 2 saturated heterocycles. The minimum Gasteiger partial charge on any atom is -0.456 e. The molecular formula is C27H42N2O6S. The van der Waals surface area contributed by atoms with Gasteiger partial charge in [-0.2, -0.15) is 0 Å². The fraction of sp³-hybridized carbons (Fsp3) is 0.741. The fourth-order valence-electron chi connectivity index (χ4n) is 5.29. The van der Waals surface area contributed by atoms with Gasteiger partial charge in [-0.1, -0.05) is 34.1 Å². The zero-order chi connectivity index (χ0) is 27.0. The number of nitrogens with zero attached hydrogens (tertiary/aromatic N) is 1. The lowest BCUT2D eigenvalue weighted by atomic mass is 9.73. The molecule has 1 unspecified atom stereocenters. The van der Waals surface area contributed by atoms with Crippen LogP contribution in [0, 0.1) is 24.2 Å². The molecule has 1 aromatic rings. The molecule has 0 bridgehead atoms. The summed E-state index contributed by atoms with van der Waals surface area (Å²) in [7, 11) is 0. The number of aliphatic hydroxyl groups excluding tert-OH is 2. The summed E-state index contributed by atoms with van der Waals surface area (Å²) >= 11 is 1.53. The highest BCUT2D eigenvalue weighted by Gasteiger charge is 2.57. The van der Waals surface area contributed by atoms with Gasteiger partial charge in [0.15, 0.2) is 0 Å². The Morgan fingerprint density at radius 3 is 2.53 bits per heavy atom. The number of ether oxygens (including phenoxy) is 2. The van der Waals surface area contributed by atoms with Gasteiger partial charge in [0.2, 0.25) is 0 Å². The summed E-state index contributed by atoms with van der Waals surface area (Å²) in [4.78, 5) is 30.7. The van der Waals surface area contributed by atoms with Crippen molar-refractivity contribution in [3.8, 4) is 0 Å². The molecule has 8 nitrogen and oxygen atoms in total. The van der Waals surface area contributed by atoms with E-state index in [1.165, 1.54) is 11.3 Å². The maximum absolute atomic E-state index is 13.2. The largest absolute Gasteiger partial charge is 0.456 e. The van der Waals surface area contributed by atoms with Crippen molar-refractivity contribution in [2.24, 2.45) is 23.0 Å². The fourth-order valence-corrected chi connectivity index (χ4v) is 5.86. The van der Waals surface area contributed by atoms with E-state index in [9.17, 15) is 19.8 Å². The van der Waals surface area contributed by atoms with Gasteiger partial charge in [0.25, 0.3) is 0 Å². The van der Waals surface area contributed by atoms with Crippen molar-refractivity contribution in [1.29, 1.82) is 0 Å². The van der Waals surface area contributed by atoms with E-state index in [0.29, 0.717) is 0 Å². The second kappa shape index (κ2) is 11.0. The third kappa shape index (κ3) is 6.25. The van der Waals surface area contributed by atoms with Crippen LogP contribution in [0.3, 0.4) is 0 Å². The first-order valence-electron chi connectivity index (χ1n) is 12.8. The molecule has 9 heteroatoms. The van der Waals surface area contributed by atoms with Gasteiger partial charge in [-0.25, -0.2) is 4.98 Å². The number of aliphatic hydroxyl groups is 2. The molecule has 0 aromatic carbocycles. The molecule has 2 aliphatic rings. The van der Waals surface area contributed by atoms with E-state index < -0.39 is 47.3 Å². The number of thiazole rings is 1. The highest BCUT2D eigenvalue weighted by atomic mass is 32.1. The van der Waals surface area contributed by atoms with Gasteiger partial charge >= 0.3 is 5.97 Å². The van der Waals surface area contributed by atoms with Gasteiger partial charge in [-0.15, -0.1) is 11.3 Å². The highest BCUT2D eigenvalue weighted by Crippen LogP contribution is 2.44. The van der Waals surface area contributed by atoms with Crippen molar-refractivity contribution >= 4 is 29.2 Å². The Kier molecular flexibility index (Phi) is 8.83. The van der Waals surface area contributed by atoms with E-state index in [2.05, 4.69) is 4.98 Å². The number of fused-ring (bicyclic) bond motifs is 1. The second-order valence-corrected chi connectivity index (χ2v) is 12.5. The number of epoxide rings is 1. The normalized spacial score (nSPS) is 38.8. The van der Waals surface area contributed by atoms with E-state index in [-0.39, 0.29) is 24.2 Å². The molecular weight excluding hydrogens is 480 g/mol. The van der Waals surface area contributed by atoms with Crippen LogP contribution in [-0.4, -0.2) is 63.0 Å². The average molecular weight is 523 g/mol. The summed E-state index contributed by atoms with van der Waals surface area (Å²) in [6, 6.07) is -0.613. The van der Waals surface area contributed by atoms with Gasteiger partial charge < -0.3 is 25.4 Å². The summed E-state index contributed by atoms with van der Waals surface area (Å²) in [5.41, 5.74) is 6.44. The summed E-state index contributed by atoms with van der Waals surface area (Å²) in [5, 5.41) is 24.6. The number of carbonyl (C=O) groups is 2. The molecule has 2 fully saturated rings. The molecule has 0 aliphatic carbocycles. The summed E-state index contributed by atoms with van der Waals surface area (Å²) in [6.07, 6.45) is 0.548. The van der Waals surface area contributed by atoms with Crippen LogP contribution in [0.4, 0.5) is 0 Å². The Morgan fingerprint density at radius 2 is 1.92 bits per heavy atom. The number of hydrogen-bond donors (Lipinski definition) is 3. The van der Waals surface area contributed by atoms with Crippen LogP contribution in [0.1, 0.15) is 77.9 Å². The lowest BCUT2D eigenvalue weighted by Gasteiger charge is -2.34. The first kappa shape index (κ1) is 28.9. The number of hydrogen-bond acceptors (Lipinski definition) is 9. The maximum atomic E-state index is 13.2. The molecule has 0 amide bonds. The Labute approximate surface area is 218 Å². The molecule has 36 heavy (non-hydrogen) atoms. The average Bonchev–Trinajstić information content (AvgIpc) is 3.31. The highest BCUT2D eigenvalue weighted by molar-refractivity contribution is 7.09. The standard InChI is InChI=1S/C27H42N2O6S/c1-14-9-8-10-27(7)25(35-27)21(28)23(15(2)11-18-13-36-17(4)29-18)34-20(31)12-19(30)26(5,6)24(33)16(3)22(14)32/h11,13-14,16,19,21-23,25,30,32H,8-10,12,28H2,1-7H3/b15-11+/t14-,16+,19-,21?,22-,23+,25-,27+/m0/s1. The Bertz CT molecular complexity index is 991. The van der Waals surface area contributed by atoms with Crippen molar-refractivity contribution in [2.75, 3.05) is 0 Å². The van der Waals surface area contributed by atoms with Crippen LogP contribution in [0.5, 0.6) is 0 Å². The topological polar surface area (TPSA) is 135 Å². The van der Waals surface area contributed by atoms with Crippen LogP contribution in [0.25, 0.3) is 6.08 Å². The number of esters is 1. The van der Waals surface area contributed by atoms with Gasteiger partial charge in [0.1, 0.15) is 18.0 Å². The summed E-state index contributed by atoms with van der Waals surface area (Å²) in [5.74, 6) is -1.72. The van der Waals surface area contributed by atoms with Gasteiger partial charge in [0, 0.05) is 11.3 Å². The predicted molar refractivity (Wildman–Crippen MR) is 139 cm³/mol. The molecule has 3 rings (SSSR count). The number of carbonyl (C=O) groups excluding carboxylic acids is 2. The van der Waals surface area contributed by atoms with Crippen LogP contribution in [0.2, 0.25) is 0 Å². The molecule has 8 atom stereocenters. The minimum absolute atomic E-state index is 0.108. The van der Waals surface area contributed by atoms with Crippen LogP contribution in [-0.2, 0) is 19.1 Å². The monoisotopic (exact) mass is 522 g/mol. The Balaban J connectivity index is 1.91. The zero-order valence-corrected chi connectivity index (χ0v) is 23.3. The number of aromatic nitrogens is 1. The maximum Gasteiger partial charge on any atom is 0.309 e. The van der Waals surface area contributed by atoms with Crippen molar-refractivity contribution in [3.63, 3.8) is 0 Å². The smallest absolute Gasteiger partial charge is 0.309 e. The molecule has 0 saturated carbocycles. The molecule has 4 N–H and O–H groups in total. The van der Waals surface area contributed by atoms with E-state index in [0.717, 1.165) is 35.5 Å². The molecule has 1 aromatic heterocycles. The Morgan fingerprint density at radius 1 is 1.25 bits per heavy atom. The second-order valence-electron chi connectivity index (χ2n) is 11.5. The zero-order valence-electron chi connectivity index (χ0n) is 22.5. The molecule has 202 valence electrons. The van der Waals surface area contributed by atoms with E-state index >= 15 is 0 Å². The number of nitrogens with two attached hydrogens (primary N) is 1. The number of cyclic esters (lactones) is 1. The molecule has 3 heterocycles. The van der Waals surface area contributed by atoms with E-state index in [1.54, 1.807) is 20.8 Å². The Hall–Kier alpha value is -1.65. The first-order chi connectivity index (χ1) is 16.7. The van der Waals surface area contributed by atoms with Gasteiger partial charge in [0.05, 0.1) is 46.4 Å². The van der Waals surface area contributed by atoms with E-state index in [1.807, 2.05) is 39.2 Å². The molecule has 0 radical (unpaired) electrons. The van der Waals surface area contributed by atoms with Crippen molar-refractivity contribution < 1.29 is 29.3 Å². The van der Waals surface area contributed by atoms with E-state index in [4.69, 9.17) is 15.2 Å². The van der Waals surface area contributed by atoms with Crippen molar-refractivity contribution in [2.45, 2.75) is 110 Å². The lowest BCUT2D eigenvalue weighted by molar-refractivity contribution is -0.155. The van der Waals surface area contributed by atoms with Crippen LogP contribution < -0.4 is 5.73 Å². The number of Topliss-reactive ketones (excluding diaryl/α,β-unsaturated/α-hetero) is 1. The van der Waals surface area contributed by atoms with Crippen molar-refractivity contribution in [1.82, 2.24) is 4.98 Å². The summed E-state index contributed by atoms with van der Waals surface area (Å²) in [6.45, 7) is 12.6. The third-order valence-electron chi connectivity index (χ3n) is 8.03. The third-order valence-corrected chi connectivity index (χ3v) is 8.82. The number of aryl methyl sites for hydroxylation is 1. The quantitative estimate of drug-likeness (QED) is 0.397. The van der Waals surface area contributed by atoms with Crippen molar-refractivity contribution in [3.05, 3.63) is 21.7 Å². The minimum atomic E-state index is -1.28.